The Morgan fingerprint density at radius 2 is 1.86 bits per heavy atom. The van der Waals surface area contributed by atoms with Crippen LogP contribution in [0.25, 0.3) is 10.9 Å². The predicted octanol–water partition coefficient (Wildman–Crippen LogP) is 3.44. The van der Waals surface area contributed by atoms with Crippen LogP contribution in [-0.2, 0) is 0 Å². The van der Waals surface area contributed by atoms with Gasteiger partial charge in [0.25, 0.3) is 5.69 Å². The molecule has 0 spiro atoms. The van der Waals surface area contributed by atoms with Crippen molar-refractivity contribution in [1.82, 2.24) is 9.66 Å². The number of pyridine rings is 1. The number of benzene rings is 1. The van der Waals surface area contributed by atoms with E-state index in [1.54, 1.807) is 24.4 Å². The summed E-state index contributed by atoms with van der Waals surface area (Å²) in [6.07, 6.45) is 1.63. The van der Waals surface area contributed by atoms with Crippen LogP contribution in [0.1, 0.15) is 11.4 Å². The SMILES string of the molecule is Cc1ccc(C)n1Nc1ccc([N+](=O)[O-])c2cccnc12. The molecular formula is C15H14N4O2. The van der Waals surface area contributed by atoms with Gasteiger partial charge in [-0.1, -0.05) is 0 Å². The Bertz CT molecular complexity index is 819. The van der Waals surface area contributed by atoms with Crippen molar-refractivity contribution in [1.29, 1.82) is 0 Å². The highest BCUT2D eigenvalue weighted by Gasteiger charge is 2.15. The second-order valence-electron chi connectivity index (χ2n) is 4.85. The lowest BCUT2D eigenvalue weighted by Gasteiger charge is -2.14. The number of aromatic nitrogens is 2. The molecule has 0 aliphatic rings. The predicted molar refractivity (Wildman–Crippen MR) is 81.3 cm³/mol. The minimum absolute atomic E-state index is 0.0598. The number of aryl methyl sites for hydroxylation is 2. The van der Waals surface area contributed by atoms with E-state index in [2.05, 4.69) is 10.4 Å². The minimum Gasteiger partial charge on any atom is -0.292 e. The van der Waals surface area contributed by atoms with Crippen LogP contribution in [0, 0.1) is 24.0 Å². The number of non-ortho nitro benzene ring substituents is 1. The molecule has 2 aromatic heterocycles. The van der Waals surface area contributed by atoms with E-state index in [4.69, 9.17) is 0 Å². The minimum atomic E-state index is -0.389. The fourth-order valence-electron chi connectivity index (χ4n) is 2.37. The third-order valence-electron chi connectivity index (χ3n) is 3.45. The first-order valence-corrected chi connectivity index (χ1v) is 6.52. The number of fused-ring (bicyclic) bond motifs is 1. The zero-order valence-electron chi connectivity index (χ0n) is 11.7. The first kappa shape index (κ1) is 13.1. The molecule has 3 rings (SSSR count). The first-order valence-electron chi connectivity index (χ1n) is 6.52. The van der Waals surface area contributed by atoms with Crippen LogP contribution < -0.4 is 5.43 Å². The molecule has 2 heterocycles. The monoisotopic (exact) mass is 282 g/mol. The summed E-state index contributed by atoms with van der Waals surface area (Å²) in [6, 6.07) is 10.6. The van der Waals surface area contributed by atoms with Gasteiger partial charge in [0.05, 0.1) is 16.0 Å². The lowest BCUT2D eigenvalue weighted by Crippen LogP contribution is -2.12. The van der Waals surface area contributed by atoms with Crippen molar-refractivity contribution in [2.45, 2.75) is 13.8 Å². The largest absolute Gasteiger partial charge is 0.292 e. The Morgan fingerprint density at radius 3 is 2.52 bits per heavy atom. The maximum Gasteiger partial charge on any atom is 0.278 e. The molecule has 0 fully saturated rings. The number of nitrogens with one attached hydrogen (secondary N) is 1. The highest BCUT2D eigenvalue weighted by atomic mass is 16.6. The average molecular weight is 282 g/mol. The molecule has 6 nitrogen and oxygen atoms in total. The van der Waals surface area contributed by atoms with Crippen molar-refractivity contribution in [2.75, 3.05) is 5.43 Å². The maximum atomic E-state index is 11.1. The number of hydrogen-bond acceptors (Lipinski definition) is 4. The van der Waals surface area contributed by atoms with E-state index in [9.17, 15) is 10.1 Å². The van der Waals surface area contributed by atoms with Gasteiger partial charge in [-0.3, -0.25) is 25.2 Å². The van der Waals surface area contributed by atoms with Crippen LogP contribution >= 0.6 is 0 Å². The smallest absolute Gasteiger partial charge is 0.278 e. The summed E-state index contributed by atoms with van der Waals surface area (Å²) >= 11 is 0. The van der Waals surface area contributed by atoms with Crippen LogP contribution in [0.3, 0.4) is 0 Å². The van der Waals surface area contributed by atoms with Crippen LogP contribution in [0.2, 0.25) is 0 Å². The van der Waals surface area contributed by atoms with Gasteiger partial charge in [0.1, 0.15) is 5.52 Å². The van der Waals surface area contributed by atoms with Crippen molar-refractivity contribution in [3.05, 3.63) is 64.1 Å². The Morgan fingerprint density at radius 1 is 1.14 bits per heavy atom. The van der Waals surface area contributed by atoms with Crippen molar-refractivity contribution in [2.24, 2.45) is 0 Å². The molecule has 1 N–H and O–H groups in total. The number of nitrogens with zero attached hydrogens (tertiary/aromatic N) is 3. The zero-order chi connectivity index (χ0) is 15.0. The van der Waals surface area contributed by atoms with Crippen molar-refractivity contribution < 1.29 is 4.92 Å². The quantitative estimate of drug-likeness (QED) is 0.590. The second kappa shape index (κ2) is 4.90. The summed E-state index contributed by atoms with van der Waals surface area (Å²) in [4.78, 5) is 15.0. The van der Waals surface area contributed by atoms with Crippen LogP contribution in [0.5, 0.6) is 0 Å². The first-order chi connectivity index (χ1) is 10.1. The molecule has 6 heteroatoms. The van der Waals surface area contributed by atoms with Gasteiger partial charge < -0.3 is 0 Å². The third kappa shape index (κ3) is 2.20. The van der Waals surface area contributed by atoms with Gasteiger partial charge in [-0.05, 0) is 44.2 Å². The summed E-state index contributed by atoms with van der Waals surface area (Å²) in [5.41, 5.74) is 6.74. The van der Waals surface area contributed by atoms with Gasteiger partial charge in [-0.2, -0.15) is 0 Å². The highest BCUT2D eigenvalue weighted by molar-refractivity contribution is 5.96. The molecule has 106 valence electrons. The Labute approximate surface area is 121 Å². The number of anilines is 1. The van der Waals surface area contributed by atoms with Gasteiger partial charge in [0, 0.05) is 23.7 Å². The average Bonchev–Trinajstić information content (AvgIpc) is 2.79. The van der Waals surface area contributed by atoms with Gasteiger partial charge in [-0.15, -0.1) is 0 Å². The van der Waals surface area contributed by atoms with E-state index < -0.39 is 0 Å². The van der Waals surface area contributed by atoms with E-state index >= 15 is 0 Å². The summed E-state index contributed by atoms with van der Waals surface area (Å²) in [5.74, 6) is 0. The summed E-state index contributed by atoms with van der Waals surface area (Å²) in [7, 11) is 0. The van der Waals surface area contributed by atoms with Crippen LogP contribution in [0.15, 0.2) is 42.6 Å². The van der Waals surface area contributed by atoms with Crippen molar-refractivity contribution >= 4 is 22.3 Å². The number of hydrogen-bond donors (Lipinski definition) is 1. The molecule has 21 heavy (non-hydrogen) atoms. The van der Waals surface area contributed by atoms with Gasteiger partial charge in [-0.25, -0.2) is 0 Å². The van der Waals surface area contributed by atoms with Gasteiger partial charge >= 0.3 is 0 Å². The molecule has 0 aliphatic heterocycles. The molecule has 0 bridgehead atoms. The lowest BCUT2D eigenvalue weighted by molar-refractivity contribution is -0.383. The molecule has 0 aliphatic carbocycles. The molecule has 0 unspecified atom stereocenters. The molecule has 0 saturated heterocycles. The molecular weight excluding hydrogens is 268 g/mol. The standard InChI is InChI=1S/C15H14N4O2/c1-10-5-6-11(2)18(10)17-13-7-8-14(19(20)21)12-4-3-9-16-15(12)13/h3-9,17H,1-2H3. The zero-order valence-corrected chi connectivity index (χ0v) is 11.7. The molecule has 1 aromatic carbocycles. The Kier molecular flexibility index (Phi) is 3.06. The third-order valence-corrected chi connectivity index (χ3v) is 3.45. The highest BCUT2D eigenvalue weighted by Crippen LogP contribution is 2.30. The van der Waals surface area contributed by atoms with E-state index in [1.807, 2.05) is 30.7 Å². The molecule has 0 amide bonds. The van der Waals surface area contributed by atoms with Crippen LogP contribution in [0.4, 0.5) is 11.4 Å². The van der Waals surface area contributed by atoms with E-state index in [1.165, 1.54) is 6.07 Å². The lowest BCUT2D eigenvalue weighted by atomic mass is 10.1. The number of nitro groups is 1. The summed E-state index contributed by atoms with van der Waals surface area (Å²) in [5, 5.41) is 11.6. The summed E-state index contributed by atoms with van der Waals surface area (Å²) in [6.45, 7) is 3.97. The van der Waals surface area contributed by atoms with Crippen LogP contribution in [-0.4, -0.2) is 14.6 Å². The molecule has 3 aromatic rings. The normalized spacial score (nSPS) is 10.8. The van der Waals surface area contributed by atoms with E-state index in [0.29, 0.717) is 10.9 Å². The number of nitro benzene ring substituents is 1. The van der Waals surface area contributed by atoms with Gasteiger partial charge in [0.2, 0.25) is 0 Å². The van der Waals surface area contributed by atoms with E-state index in [-0.39, 0.29) is 10.6 Å². The van der Waals surface area contributed by atoms with Crippen molar-refractivity contribution in [3.63, 3.8) is 0 Å². The topological polar surface area (TPSA) is 73.0 Å². The fourth-order valence-corrected chi connectivity index (χ4v) is 2.37. The van der Waals surface area contributed by atoms with E-state index in [0.717, 1.165) is 17.1 Å². The molecule has 0 atom stereocenters. The second-order valence-corrected chi connectivity index (χ2v) is 4.85. The molecule has 0 saturated carbocycles. The van der Waals surface area contributed by atoms with Crippen molar-refractivity contribution in [3.8, 4) is 0 Å². The number of rotatable bonds is 3. The van der Waals surface area contributed by atoms with Gasteiger partial charge in [0.15, 0.2) is 0 Å². The Balaban J connectivity index is 2.16. The molecule has 0 radical (unpaired) electrons. The summed E-state index contributed by atoms with van der Waals surface area (Å²) < 4.78 is 1.93. The fraction of sp³-hybridized carbons (Fsp3) is 0.133. The maximum absolute atomic E-state index is 11.1. The Hall–Kier alpha value is -2.89.